The van der Waals surface area contributed by atoms with Crippen molar-refractivity contribution >= 4 is 0 Å². The van der Waals surface area contributed by atoms with Gasteiger partial charge in [-0.2, -0.15) is 5.26 Å². The van der Waals surface area contributed by atoms with Gasteiger partial charge in [-0.05, 0) is 12.5 Å². The lowest BCUT2D eigenvalue weighted by Gasteiger charge is -2.21. The molecule has 1 atom stereocenters. The van der Waals surface area contributed by atoms with Crippen molar-refractivity contribution < 1.29 is 9.84 Å². The molecule has 0 saturated heterocycles. The van der Waals surface area contributed by atoms with E-state index in [9.17, 15) is 0 Å². The SMILES string of the molecule is CC(C#N)(Cc1ccccc1)OCCO. The van der Waals surface area contributed by atoms with Gasteiger partial charge < -0.3 is 9.84 Å². The summed E-state index contributed by atoms with van der Waals surface area (Å²) in [6.07, 6.45) is 0.532. The zero-order valence-corrected chi connectivity index (χ0v) is 8.81. The molecule has 1 aromatic carbocycles. The summed E-state index contributed by atoms with van der Waals surface area (Å²) in [5.74, 6) is 0. The van der Waals surface area contributed by atoms with E-state index in [-0.39, 0.29) is 13.2 Å². The summed E-state index contributed by atoms with van der Waals surface area (Å²) >= 11 is 0. The van der Waals surface area contributed by atoms with Crippen molar-refractivity contribution in [2.75, 3.05) is 13.2 Å². The fourth-order valence-electron chi connectivity index (χ4n) is 1.38. The molecular formula is C12H15NO2. The fourth-order valence-corrected chi connectivity index (χ4v) is 1.38. The Hall–Kier alpha value is -1.37. The average molecular weight is 205 g/mol. The Labute approximate surface area is 89.9 Å². The van der Waals surface area contributed by atoms with E-state index in [1.165, 1.54) is 0 Å². The molecule has 0 heterocycles. The lowest BCUT2D eigenvalue weighted by Crippen LogP contribution is -2.30. The second kappa shape index (κ2) is 5.50. The number of aliphatic hydroxyl groups is 1. The van der Waals surface area contributed by atoms with Crippen LogP contribution < -0.4 is 0 Å². The van der Waals surface area contributed by atoms with Crippen LogP contribution in [0.5, 0.6) is 0 Å². The molecule has 0 bridgehead atoms. The van der Waals surface area contributed by atoms with Crippen LogP contribution in [-0.2, 0) is 11.2 Å². The van der Waals surface area contributed by atoms with Crippen LogP contribution in [-0.4, -0.2) is 23.9 Å². The molecule has 0 saturated carbocycles. The molecule has 1 N–H and O–H groups in total. The minimum absolute atomic E-state index is 0.0634. The predicted molar refractivity (Wildman–Crippen MR) is 57.2 cm³/mol. The molecule has 0 aliphatic heterocycles. The average Bonchev–Trinajstić information content (AvgIpc) is 2.28. The molecule has 0 amide bonds. The van der Waals surface area contributed by atoms with Crippen molar-refractivity contribution in [2.45, 2.75) is 18.9 Å². The van der Waals surface area contributed by atoms with Crippen LogP contribution in [0.1, 0.15) is 12.5 Å². The van der Waals surface area contributed by atoms with Gasteiger partial charge in [0.25, 0.3) is 0 Å². The van der Waals surface area contributed by atoms with E-state index < -0.39 is 5.60 Å². The maximum atomic E-state index is 9.02. The molecule has 3 heteroatoms. The Morgan fingerprint density at radius 2 is 2.07 bits per heavy atom. The quantitative estimate of drug-likeness (QED) is 0.793. The van der Waals surface area contributed by atoms with E-state index in [0.29, 0.717) is 6.42 Å². The lowest BCUT2D eigenvalue weighted by molar-refractivity contribution is -0.00698. The van der Waals surface area contributed by atoms with Crippen molar-refractivity contribution in [3.8, 4) is 6.07 Å². The van der Waals surface area contributed by atoms with Crippen LogP contribution in [0.2, 0.25) is 0 Å². The molecule has 0 spiro atoms. The van der Waals surface area contributed by atoms with Crippen LogP contribution in [0, 0.1) is 11.3 Å². The molecule has 80 valence electrons. The van der Waals surface area contributed by atoms with Crippen molar-refractivity contribution in [2.24, 2.45) is 0 Å². The summed E-state index contributed by atoms with van der Waals surface area (Å²) in [7, 11) is 0. The van der Waals surface area contributed by atoms with Gasteiger partial charge in [-0.1, -0.05) is 30.3 Å². The normalized spacial score (nSPS) is 14.2. The van der Waals surface area contributed by atoms with E-state index in [0.717, 1.165) is 5.56 Å². The number of nitriles is 1. The first-order valence-corrected chi connectivity index (χ1v) is 4.90. The van der Waals surface area contributed by atoms with Crippen molar-refractivity contribution in [3.63, 3.8) is 0 Å². The molecule has 0 aliphatic carbocycles. The zero-order valence-electron chi connectivity index (χ0n) is 8.81. The number of hydrogen-bond acceptors (Lipinski definition) is 3. The third-order valence-electron chi connectivity index (χ3n) is 2.13. The second-order valence-electron chi connectivity index (χ2n) is 3.58. The van der Waals surface area contributed by atoms with Crippen LogP contribution in [0.3, 0.4) is 0 Å². The van der Waals surface area contributed by atoms with E-state index >= 15 is 0 Å². The highest BCUT2D eigenvalue weighted by atomic mass is 16.5. The third-order valence-corrected chi connectivity index (χ3v) is 2.13. The number of ether oxygens (including phenoxy) is 1. The van der Waals surface area contributed by atoms with Gasteiger partial charge in [0, 0.05) is 6.42 Å². The standard InChI is InChI=1S/C12H15NO2/c1-12(10-13,15-8-7-14)9-11-5-3-2-4-6-11/h2-6,14H,7-9H2,1H3. The van der Waals surface area contributed by atoms with Gasteiger partial charge in [-0.3, -0.25) is 0 Å². The third kappa shape index (κ3) is 3.70. The molecule has 1 rings (SSSR count). The topological polar surface area (TPSA) is 53.2 Å². The van der Waals surface area contributed by atoms with E-state index in [1.807, 2.05) is 30.3 Å². The molecule has 1 aromatic rings. The van der Waals surface area contributed by atoms with Gasteiger partial charge in [0.05, 0.1) is 19.3 Å². The maximum Gasteiger partial charge on any atom is 0.155 e. The Kier molecular flexibility index (Phi) is 4.29. The first-order valence-electron chi connectivity index (χ1n) is 4.90. The maximum absolute atomic E-state index is 9.02. The molecule has 0 aromatic heterocycles. The molecule has 3 nitrogen and oxygen atoms in total. The summed E-state index contributed by atoms with van der Waals surface area (Å²) in [4.78, 5) is 0. The molecule has 0 aliphatic rings. The predicted octanol–water partition coefficient (Wildman–Crippen LogP) is 1.52. The van der Waals surface area contributed by atoms with Gasteiger partial charge in [-0.15, -0.1) is 0 Å². The summed E-state index contributed by atoms with van der Waals surface area (Å²) in [6.45, 7) is 1.86. The van der Waals surface area contributed by atoms with Crippen LogP contribution in [0.4, 0.5) is 0 Å². The Morgan fingerprint density at radius 1 is 1.40 bits per heavy atom. The van der Waals surface area contributed by atoms with Gasteiger partial charge in [0.15, 0.2) is 5.60 Å². The monoisotopic (exact) mass is 205 g/mol. The van der Waals surface area contributed by atoms with Crippen LogP contribution >= 0.6 is 0 Å². The van der Waals surface area contributed by atoms with E-state index in [1.54, 1.807) is 6.92 Å². The van der Waals surface area contributed by atoms with E-state index in [2.05, 4.69) is 6.07 Å². The highest BCUT2D eigenvalue weighted by Gasteiger charge is 2.24. The smallest absolute Gasteiger partial charge is 0.155 e. The first kappa shape index (κ1) is 11.7. The summed E-state index contributed by atoms with van der Waals surface area (Å²) < 4.78 is 5.32. The van der Waals surface area contributed by atoms with Crippen molar-refractivity contribution in [3.05, 3.63) is 35.9 Å². The highest BCUT2D eigenvalue weighted by Crippen LogP contribution is 2.16. The van der Waals surface area contributed by atoms with E-state index in [4.69, 9.17) is 15.1 Å². The van der Waals surface area contributed by atoms with Gasteiger partial charge in [0.2, 0.25) is 0 Å². The number of rotatable bonds is 5. The Bertz CT molecular complexity index is 331. The first-order chi connectivity index (χ1) is 7.20. The number of aliphatic hydroxyl groups excluding tert-OH is 1. The van der Waals surface area contributed by atoms with Crippen molar-refractivity contribution in [1.29, 1.82) is 5.26 Å². The molecule has 0 fully saturated rings. The second-order valence-corrected chi connectivity index (χ2v) is 3.58. The van der Waals surface area contributed by atoms with Crippen molar-refractivity contribution in [1.82, 2.24) is 0 Å². The van der Waals surface area contributed by atoms with Crippen LogP contribution in [0.15, 0.2) is 30.3 Å². The summed E-state index contributed by atoms with van der Waals surface area (Å²) in [6, 6.07) is 11.8. The minimum Gasteiger partial charge on any atom is -0.394 e. The van der Waals surface area contributed by atoms with Gasteiger partial charge in [0.1, 0.15) is 0 Å². The number of benzene rings is 1. The van der Waals surface area contributed by atoms with Crippen LogP contribution in [0.25, 0.3) is 0 Å². The molecule has 15 heavy (non-hydrogen) atoms. The minimum atomic E-state index is -0.857. The highest BCUT2D eigenvalue weighted by molar-refractivity contribution is 5.19. The number of hydrogen-bond donors (Lipinski definition) is 1. The molecule has 1 unspecified atom stereocenters. The fraction of sp³-hybridized carbons (Fsp3) is 0.417. The molecule has 0 radical (unpaired) electrons. The lowest BCUT2D eigenvalue weighted by atomic mass is 9.98. The summed E-state index contributed by atoms with van der Waals surface area (Å²) in [5.41, 5.74) is 0.198. The van der Waals surface area contributed by atoms with Gasteiger partial charge >= 0.3 is 0 Å². The van der Waals surface area contributed by atoms with Gasteiger partial charge in [-0.25, -0.2) is 0 Å². The molecular weight excluding hydrogens is 190 g/mol. The zero-order chi connectivity index (χ0) is 11.1. The summed E-state index contributed by atoms with van der Waals surface area (Å²) in [5, 5.41) is 17.7. The largest absolute Gasteiger partial charge is 0.394 e. The Morgan fingerprint density at radius 3 is 2.60 bits per heavy atom. The number of nitrogens with zero attached hydrogens (tertiary/aromatic N) is 1. The Balaban J connectivity index is 2.65.